The number of benzene rings is 1. The molecule has 0 aliphatic carbocycles. The molecule has 1 fully saturated rings. The number of carbonyl (C=O) groups excluding carboxylic acids is 4. The number of hydrogen-bond acceptors (Lipinski definition) is 11. The van der Waals surface area contributed by atoms with Crippen molar-refractivity contribution < 1.29 is 33.4 Å². The summed E-state index contributed by atoms with van der Waals surface area (Å²) in [5, 5.41) is 12.1. The van der Waals surface area contributed by atoms with Crippen LogP contribution in [0, 0.1) is 17.8 Å². The van der Waals surface area contributed by atoms with E-state index in [-0.39, 0.29) is 54.0 Å². The summed E-state index contributed by atoms with van der Waals surface area (Å²) in [7, 11) is 8.61. The molecule has 0 saturated carbocycles. The number of ether oxygens (including phenoxy) is 3. The van der Waals surface area contributed by atoms with Crippen LogP contribution in [0.1, 0.15) is 83.8 Å². The van der Waals surface area contributed by atoms with Gasteiger partial charge in [0.1, 0.15) is 17.1 Å². The number of carbonyl (C=O) groups is 4. The Hall–Kier alpha value is -3.73. The number of aromatic nitrogens is 1. The number of thiazole rings is 1. The van der Waals surface area contributed by atoms with Gasteiger partial charge in [-0.25, -0.2) is 4.98 Å². The van der Waals surface area contributed by atoms with Crippen LogP contribution in [0.15, 0.2) is 54.1 Å². The molecule has 342 valence electrons. The Balaban J connectivity index is 1.77. The van der Waals surface area contributed by atoms with Crippen LogP contribution in [0.25, 0.3) is 0 Å². The molecule has 0 spiro atoms. The molecule has 3 rings (SSSR count). The molecule has 1 aromatic heterocycles. The predicted molar refractivity (Wildman–Crippen MR) is 242 cm³/mol. The van der Waals surface area contributed by atoms with Crippen LogP contribution in [0.4, 0.5) is 0 Å². The van der Waals surface area contributed by atoms with E-state index in [0.717, 1.165) is 30.0 Å². The molecule has 2 aromatic rings. The number of hydrogen-bond donors (Lipinski definition) is 3. The van der Waals surface area contributed by atoms with E-state index < -0.39 is 36.3 Å². The van der Waals surface area contributed by atoms with Crippen molar-refractivity contribution in [3.8, 4) is 0 Å². The van der Waals surface area contributed by atoms with Gasteiger partial charge in [-0.1, -0.05) is 83.5 Å². The van der Waals surface area contributed by atoms with Crippen molar-refractivity contribution in [2.45, 2.75) is 116 Å². The topological polar surface area (TPSA) is 155 Å². The summed E-state index contributed by atoms with van der Waals surface area (Å²) < 4.78 is 17.8. The third kappa shape index (κ3) is 14.7. The summed E-state index contributed by atoms with van der Waals surface area (Å²) in [6, 6.07) is 7.39. The summed E-state index contributed by atoms with van der Waals surface area (Å²) in [6.07, 6.45) is 3.34. The van der Waals surface area contributed by atoms with Crippen molar-refractivity contribution in [2.24, 2.45) is 17.8 Å². The van der Waals surface area contributed by atoms with Gasteiger partial charge >= 0.3 is 0 Å². The number of nitrogens with zero attached hydrogens (tertiary/aromatic N) is 4. The van der Waals surface area contributed by atoms with Crippen LogP contribution in [0.5, 0.6) is 0 Å². The van der Waals surface area contributed by atoms with Crippen molar-refractivity contribution in [3.63, 3.8) is 0 Å². The molecule has 1 aliphatic heterocycles. The fourth-order valence-electron chi connectivity index (χ4n) is 8.45. The van der Waals surface area contributed by atoms with Gasteiger partial charge in [-0.05, 0) is 57.7 Å². The SMILES string of the molecule is C=C(C)[C@@H](C(=O)N[C@H](C(=O)N(C)[C@@H]([C@@H](C)CC)[C@@H](CC(=O)N1CCC[C@H]1[C@H](OC)[C@@H](C)C(=O)N[C@@H](Cc1ccccc1)c1nccs1)OC)C(C)C)N(C)CCOCCNC. The lowest BCUT2D eigenvalue weighted by atomic mass is 9.89. The van der Waals surface area contributed by atoms with Gasteiger partial charge in [0.05, 0.1) is 55.9 Å². The summed E-state index contributed by atoms with van der Waals surface area (Å²) in [6.45, 7) is 18.4. The van der Waals surface area contributed by atoms with Crippen LogP contribution in [0.2, 0.25) is 0 Å². The number of likely N-dealkylation sites (N-methyl/N-ethyl adjacent to an activating group) is 3. The smallest absolute Gasteiger partial charge is 0.245 e. The maximum Gasteiger partial charge on any atom is 0.245 e. The zero-order chi connectivity index (χ0) is 45.2. The Morgan fingerprint density at radius 2 is 1.72 bits per heavy atom. The van der Waals surface area contributed by atoms with E-state index in [9.17, 15) is 19.2 Å². The van der Waals surface area contributed by atoms with Crippen molar-refractivity contribution in [1.29, 1.82) is 0 Å². The van der Waals surface area contributed by atoms with E-state index in [2.05, 4.69) is 34.4 Å². The summed E-state index contributed by atoms with van der Waals surface area (Å²) in [4.78, 5) is 66.6. The first kappa shape index (κ1) is 51.6. The largest absolute Gasteiger partial charge is 0.379 e. The molecule has 1 aliphatic rings. The first-order chi connectivity index (χ1) is 29.1. The predicted octanol–water partition coefficient (Wildman–Crippen LogP) is 4.72. The van der Waals surface area contributed by atoms with E-state index in [1.54, 1.807) is 32.4 Å². The zero-order valence-corrected chi connectivity index (χ0v) is 39.5. The van der Waals surface area contributed by atoms with Crippen LogP contribution in [-0.4, -0.2) is 148 Å². The molecule has 0 radical (unpaired) electrons. The third-order valence-corrected chi connectivity index (χ3v) is 13.0. The van der Waals surface area contributed by atoms with Gasteiger partial charge in [-0.3, -0.25) is 24.1 Å². The molecule has 4 amide bonds. The standard InChI is InChI=1S/C46H75N7O7S/c1-13-32(6)41(52(10)46(57)39(30(2)3)50-44(56)40(31(4)5)51(9)24-26-60-25-21-47-8)37(58-11)29-38(54)53-23-17-20-36(53)42(59-12)33(7)43(55)49-35(45-48-22-27-61-45)28-34-18-15-14-16-19-34/h14-16,18-19,22,27,30,32-33,35-37,39-42,47H,4,13,17,20-21,23-26,28-29H2,1-3,5-12H3,(H,49,55)(H,50,56)/t32-,33+,35-,36-,37+,39-,40-,41-,42+/m0/s1. The van der Waals surface area contributed by atoms with Gasteiger partial charge < -0.3 is 40.0 Å². The van der Waals surface area contributed by atoms with Crippen LogP contribution in [0.3, 0.4) is 0 Å². The lowest BCUT2D eigenvalue weighted by molar-refractivity contribution is -0.148. The monoisotopic (exact) mass is 870 g/mol. The molecular weight excluding hydrogens is 795 g/mol. The summed E-state index contributed by atoms with van der Waals surface area (Å²) in [5.74, 6) is -1.71. The molecular formula is C46H75N7O7S. The minimum absolute atomic E-state index is 0.0253. The molecule has 0 unspecified atom stereocenters. The first-order valence-corrected chi connectivity index (χ1v) is 22.7. The molecule has 9 atom stereocenters. The Morgan fingerprint density at radius 1 is 1.02 bits per heavy atom. The van der Waals surface area contributed by atoms with Gasteiger partial charge in [-0.15, -0.1) is 11.3 Å². The third-order valence-electron chi connectivity index (χ3n) is 12.1. The highest BCUT2D eigenvalue weighted by Crippen LogP contribution is 2.30. The average molecular weight is 870 g/mol. The lowest BCUT2D eigenvalue weighted by Crippen LogP contribution is -2.59. The number of nitrogens with one attached hydrogen (secondary N) is 3. The Bertz CT molecular complexity index is 1650. The quantitative estimate of drug-likeness (QED) is 0.0850. The molecule has 61 heavy (non-hydrogen) atoms. The fourth-order valence-corrected chi connectivity index (χ4v) is 9.13. The molecule has 3 N–H and O–H groups in total. The molecule has 2 heterocycles. The van der Waals surface area contributed by atoms with E-state index in [4.69, 9.17) is 14.2 Å². The molecule has 14 nitrogen and oxygen atoms in total. The molecule has 15 heteroatoms. The second-order valence-electron chi connectivity index (χ2n) is 16.9. The minimum Gasteiger partial charge on any atom is -0.379 e. The first-order valence-electron chi connectivity index (χ1n) is 21.8. The summed E-state index contributed by atoms with van der Waals surface area (Å²) in [5.41, 5.74) is 1.74. The second-order valence-corrected chi connectivity index (χ2v) is 17.8. The van der Waals surface area contributed by atoms with E-state index in [1.807, 2.05) is 94.2 Å². The molecule has 1 aromatic carbocycles. The van der Waals surface area contributed by atoms with Crippen LogP contribution < -0.4 is 16.0 Å². The van der Waals surface area contributed by atoms with Gasteiger partial charge in [0.25, 0.3) is 0 Å². The van der Waals surface area contributed by atoms with Crippen molar-refractivity contribution >= 4 is 35.0 Å². The molecule has 1 saturated heterocycles. The fraction of sp³-hybridized carbons (Fsp3) is 0.674. The zero-order valence-electron chi connectivity index (χ0n) is 38.6. The minimum atomic E-state index is -0.833. The highest BCUT2D eigenvalue weighted by molar-refractivity contribution is 7.09. The van der Waals surface area contributed by atoms with Gasteiger partial charge in [0, 0.05) is 52.5 Å². The number of likely N-dealkylation sites (tertiary alicyclic amines) is 1. The Kier molecular flexibility index (Phi) is 22.0. The number of methoxy groups -OCH3 is 2. The normalized spacial score (nSPS) is 18.2. The van der Waals surface area contributed by atoms with Gasteiger partial charge in [-0.2, -0.15) is 0 Å². The van der Waals surface area contributed by atoms with E-state index in [0.29, 0.717) is 44.7 Å². The highest BCUT2D eigenvalue weighted by atomic mass is 32.1. The van der Waals surface area contributed by atoms with Crippen LogP contribution >= 0.6 is 11.3 Å². The number of amides is 4. The van der Waals surface area contributed by atoms with Crippen molar-refractivity contribution in [2.75, 3.05) is 68.2 Å². The highest BCUT2D eigenvalue weighted by Gasteiger charge is 2.43. The Morgan fingerprint density at radius 3 is 2.30 bits per heavy atom. The van der Waals surface area contributed by atoms with E-state index >= 15 is 0 Å². The van der Waals surface area contributed by atoms with Crippen LogP contribution in [-0.2, 0) is 39.8 Å². The van der Waals surface area contributed by atoms with Crippen molar-refractivity contribution in [1.82, 2.24) is 35.6 Å². The van der Waals surface area contributed by atoms with E-state index in [1.165, 1.54) is 11.3 Å². The average Bonchev–Trinajstić information content (AvgIpc) is 3.96. The maximum absolute atomic E-state index is 14.5. The van der Waals surface area contributed by atoms with Crippen molar-refractivity contribution in [3.05, 3.63) is 64.6 Å². The Labute approximate surface area is 369 Å². The second kappa shape index (κ2) is 26.0. The summed E-state index contributed by atoms with van der Waals surface area (Å²) >= 11 is 1.50. The maximum atomic E-state index is 14.5. The number of rotatable bonds is 27. The lowest BCUT2D eigenvalue weighted by Gasteiger charge is -2.41. The molecule has 0 bridgehead atoms. The van der Waals surface area contributed by atoms with Gasteiger partial charge in [0.15, 0.2) is 0 Å². The van der Waals surface area contributed by atoms with Gasteiger partial charge in [0.2, 0.25) is 23.6 Å².